The van der Waals surface area contributed by atoms with Gasteiger partial charge in [-0.1, -0.05) is 121 Å². The zero-order chi connectivity index (χ0) is 43.9. The predicted octanol–water partition coefficient (Wildman–Crippen LogP) is 13.7. The molecule has 2 aliphatic rings. The first-order chi connectivity index (χ1) is 32.6. The van der Waals surface area contributed by atoms with Gasteiger partial charge in [0.1, 0.15) is 0 Å². The minimum absolute atomic E-state index is 0.0218. The molecular weight excluding hydrogens is 802 g/mol. The Hall–Kier alpha value is -8.48. The molecule has 66 heavy (non-hydrogen) atoms. The van der Waals surface area contributed by atoms with Gasteiger partial charge in [0, 0.05) is 67.7 Å². The van der Waals surface area contributed by atoms with Gasteiger partial charge >= 0.3 is 0 Å². The highest BCUT2D eigenvalue weighted by atomic mass is 15.2. The van der Waals surface area contributed by atoms with E-state index in [1.165, 1.54) is 61.0 Å². The molecule has 11 aromatic rings. The summed E-state index contributed by atoms with van der Waals surface area (Å²) in [5.41, 5.74) is 21.4. The molecule has 0 bridgehead atoms. The van der Waals surface area contributed by atoms with E-state index in [0.29, 0.717) is 0 Å². The first-order valence-electron chi connectivity index (χ1n) is 22.8. The van der Waals surface area contributed by atoms with Crippen molar-refractivity contribution < 1.29 is 0 Å². The van der Waals surface area contributed by atoms with Crippen LogP contribution >= 0.6 is 0 Å². The molecule has 5 nitrogen and oxygen atoms in total. The molecule has 0 spiro atoms. The summed E-state index contributed by atoms with van der Waals surface area (Å²) >= 11 is 0. The van der Waals surface area contributed by atoms with E-state index in [1.54, 1.807) is 0 Å². The van der Waals surface area contributed by atoms with Crippen LogP contribution in [-0.4, -0.2) is 15.8 Å². The monoisotopic (exact) mass is 845 g/mol. The molecule has 0 amide bonds. The molecule has 0 atom stereocenters. The Balaban J connectivity index is 1.13. The van der Waals surface area contributed by atoms with Gasteiger partial charge < -0.3 is 23.8 Å². The SMILES string of the molecule is Cc1cc2c(N(c3ccccc3)c3ccccc3)ccc3c2n1-c1cc(N(c2ccccc2)c2ccccc2)cc2c1B3c1ccc(N(c3ccccc3)c3ccccc3)c3cc(C)n-2c13. The zero-order valence-corrected chi connectivity index (χ0v) is 36.8. The van der Waals surface area contributed by atoms with Crippen molar-refractivity contribution in [3.63, 3.8) is 0 Å². The molecule has 0 fully saturated rings. The summed E-state index contributed by atoms with van der Waals surface area (Å²) in [6, 6.07) is 84.0. The third-order valence-electron chi connectivity index (χ3n) is 13.6. The Kier molecular flexibility index (Phi) is 8.68. The molecule has 6 heteroatoms. The number of hydrogen-bond acceptors (Lipinski definition) is 3. The fraction of sp³-hybridized carbons (Fsp3) is 0.0333. The number of aryl methyl sites for hydroxylation is 2. The van der Waals surface area contributed by atoms with Gasteiger partial charge in [0.15, 0.2) is 0 Å². The number of anilines is 9. The van der Waals surface area contributed by atoms with Crippen LogP contribution in [0.3, 0.4) is 0 Å². The van der Waals surface area contributed by atoms with Crippen LogP contribution in [0.15, 0.2) is 231 Å². The van der Waals surface area contributed by atoms with Gasteiger partial charge in [-0.15, -0.1) is 0 Å². The first kappa shape index (κ1) is 38.0. The van der Waals surface area contributed by atoms with Gasteiger partial charge in [-0.2, -0.15) is 0 Å². The number of hydrogen-bond donors (Lipinski definition) is 0. The molecule has 0 N–H and O–H groups in total. The van der Waals surface area contributed by atoms with E-state index in [2.05, 4.69) is 268 Å². The second-order valence-electron chi connectivity index (χ2n) is 17.5. The lowest BCUT2D eigenvalue weighted by atomic mass is 9.34. The van der Waals surface area contributed by atoms with Crippen LogP contribution in [0.5, 0.6) is 0 Å². The van der Waals surface area contributed by atoms with Crippen molar-refractivity contribution in [2.24, 2.45) is 0 Å². The predicted molar refractivity (Wildman–Crippen MR) is 278 cm³/mol. The van der Waals surface area contributed by atoms with Crippen LogP contribution in [0.1, 0.15) is 11.4 Å². The third kappa shape index (κ3) is 5.74. The summed E-state index contributed by atoms with van der Waals surface area (Å²) < 4.78 is 5.11. The van der Waals surface area contributed by atoms with Crippen molar-refractivity contribution in [3.8, 4) is 11.4 Å². The lowest BCUT2D eigenvalue weighted by molar-refractivity contribution is 1.02. The standard InChI is InChI=1S/C60H44BN5/c1-41-37-50-54(65(45-25-13-5-14-26-45)46-27-15-6-16-28-46)35-33-52-59(50)62(41)56-39-49(64(43-21-9-3-10-22-43)44-23-11-4-12-24-44)40-57-58(56)61(52)53-34-36-55(51-38-42(2)63(57)60(51)53)66(47-29-17-7-18-30-47)48-31-19-8-20-32-48/h3-40H,1-2H3. The number of aromatic nitrogens is 2. The van der Waals surface area contributed by atoms with E-state index in [1.807, 2.05) is 0 Å². The van der Waals surface area contributed by atoms with Gasteiger partial charge in [-0.25, -0.2) is 0 Å². The maximum absolute atomic E-state index is 2.55. The van der Waals surface area contributed by atoms with Crippen molar-refractivity contribution in [3.05, 3.63) is 242 Å². The van der Waals surface area contributed by atoms with Crippen LogP contribution in [-0.2, 0) is 0 Å². The Morgan fingerprint density at radius 1 is 0.318 bits per heavy atom. The van der Waals surface area contributed by atoms with E-state index in [0.717, 1.165) is 51.2 Å². The van der Waals surface area contributed by atoms with Crippen LogP contribution in [0, 0.1) is 13.8 Å². The molecule has 0 saturated carbocycles. The molecule has 0 radical (unpaired) electrons. The molecule has 2 aromatic heterocycles. The minimum atomic E-state index is -0.0218. The second kappa shape index (κ2) is 15.1. The first-order valence-corrected chi connectivity index (χ1v) is 22.8. The number of nitrogens with zero attached hydrogens (tertiary/aromatic N) is 5. The Bertz CT molecular complexity index is 3290. The summed E-state index contributed by atoms with van der Waals surface area (Å²) in [5.74, 6) is 0. The van der Waals surface area contributed by atoms with Crippen LogP contribution in [0.2, 0.25) is 0 Å². The van der Waals surface area contributed by atoms with Crippen LogP contribution < -0.4 is 31.1 Å². The van der Waals surface area contributed by atoms with E-state index in [4.69, 9.17) is 0 Å². The smallest absolute Gasteiger partial charge is 0.252 e. The van der Waals surface area contributed by atoms with Crippen LogP contribution in [0.4, 0.5) is 51.2 Å². The fourth-order valence-corrected chi connectivity index (χ4v) is 11.0. The van der Waals surface area contributed by atoms with Crippen molar-refractivity contribution in [1.29, 1.82) is 0 Å². The molecule has 2 aliphatic heterocycles. The van der Waals surface area contributed by atoms with Crippen molar-refractivity contribution >= 4 is 96.1 Å². The fourth-order valence-electron chi connectivity index (χ4n) is 11.0. The molecule has 9 aromatic carbocycles. The van der Waals surface area contributed by atoms with Crippen molar-refractivity contribution in [2.45, 2.75) is 13.8 Å². The van der Waals surface area contributed by atoms with Gasteiger partial charge in [0.25, 0.3) is 6.71 Å². The highest BCUT2D eigenvalue weighted by Crippen LogP contribution is 2.46. The lowest BCUT2D eigenvalue weighted by Crippen LogP contribution is -2.59. The molecule has 4 heterocycles. The van der Waals surface area contributed by atoms with Gasteiger partial charge in [0.2, 0.25) is 0 Å². The average molecular weight is 846 g/mol. The number of fused-ring (bicyclic) bond motifs is 4. The van der Waals surface area contributed by atoms with E-state index >= 15 is 0 Å². The summed E-state index contributed by atoms with van der Waals surface area (Å²) in [5, 5.41) is 2.45. The van der Waals surface area contributed by atoms with Crippen molar-refractivity contribution in [1.82, 2.24) is 9.13 Å². The highest BCUT2D eigenvalue weighted by molar-refractivity contribution is 7.00. The second-order valence-corrected chi connectivity index (χ2v) is 17.5. The maximum Gasteiger partial charge on any atom is 0.252 e. The molecule has 312 valence electrons. The Morgan fingerprint density at radius 2 is 0.621 bits per heavy atom. The third-order valence-corrected chi connectivity index (χ3v) is 13.6. The van der Waals surface area contributed by atoms with E-state index in [9.17, 15) is 0 Å². The topological polar surface area (TPSA) is 19.6 Å². The van der Waals surface area contributed by atoms with Gasteiger partial charge in [-0.05, 0) is 139 Å². The molecule has 0 aliphatic carbocycles. The molecular formula is C60H44BN5. The van der Waals surface area contributed by atoms with Crippen molar-refractivity contribution in [2.75, 3.05) is 14.7 Å². The van der Waals surface area contributed by atoms with Gasteiger partial charge in [-0.3, -0.25) is 0 Å². The average Bonchev–Trinajstić information content (AvgIpc) is 3.92. The number of benzene rings is 9. The largest absolute Gasteiger partial charge is 0.315 e. The van der Waals surface area contributed by atoms with Gasteiger partial charge in [0.05, 0.1) is 28.1 Å². The maximum atomic E-state index is 2.55. The number of rotatable bonds is 9. The normalized spacial score (nSPS) is 12.1. The molecule has 13 rings (SSSR count). The zero-order valence-electron chi connectivity index (χ0n) is 36.8. The summed E-state index contributed by atoms with van der Waals surface area (Å²) in [6.07, 6.45) is 0. The minimum Gasteiger partial charge on any atom is -0.315 e. The molecule has 0 saturated heterocycles. The highest BCUT2D eigenvalue weighted by Gasteiger charge is 2.42. The molecule has 0 unspecified atom stereocenters. The summed E-state index contributed by atoms with van der Waals surface area (Å²) in [6.45, 7) is 4.53. The van der Waals surface area contributed by atoms with E-state index < -0.39 is 0 Å². The Morgan fingerprint density at radius 3 is 0.939 bits per heavy atom. The Labute approximate surface area is 385 Å². The quantitative estimate of drug-likeness (QED) is 0.135. The summed E-state index contributed by atoms with van der Waals surface area (Å²) in [4.78, 5) is 7.24. The van der Waals surface area contributed by atoms with E-state index in [-0.39, 0.29) is 6.71 Å². The summed E-state index contributed by atoms with van der Waals surface area (Å²) in [7, 11) is 0. The number of para-hydroxylation sites is 6. The lowest BCUT2D eigenvalue weighted by Gasteiger charge is -2.37. The van der Waals surface area contributed by atoms with Crippen LogP contribution in [0.25, 0.3) is 33.2 Å².